The highest BCUT2D eigenvalue weighted by Gasteiger charge is 2.36. The predicted octanol–water partition coefficient (Wildman–Crippen LogP) is 2.46. The Morgan fingerprint density at radius 2 is 1.69 bits per heavy atom. The molecule has 0 aromatic carbocycles. The van der Waals surface area contributed by atoms with E-state index in [-0.39, 0.29) is 39.9 Å². The maximum atomic E-state index is 13.2. The van der Waals surface area contributed by atoms with Crippen molar-refractivity contribution in [2.45, 2.75) is 40.2 Å². The zero-order valence-electron chi connectivity index (χ0n) is 15.2. The molecule has 0 unspecified atom stereocenters. The fourth-order valence-corrected chi connectivity index (χ4v) is 3.68. The van der Waals surface area contributed by atoms with Crippen LogP contribution in [-0.4, -0.2) is 21.1 Å². The number of H-pyrrole nitrogens is 1. The normalized spacial score (nSPS) is 14.0. The predicted molar refractivity (Wildman–Crippen MR) is 98.2 cm³/mol. The number of allylic oxidation sites excluding steroid dienone is 1. The summed E-state index contributed by atoms with van der Waals surface area (Å²) in [4.78, 5) is 53.2. The monoisotopic (exact) mass is 352 g/mol. The number of fused-ring (bicyclic) bond motifs is 2. The second-order valence-corrected chi connectivity index (χ2v) is 6.99. The molecule has 26 heavy (non-hydrogen) atoms. The summed E-state index contributed by atoms with van der Waals surface area (Å²) in [7, 11) is 0. The van der Waals surface area contributed by atoms with Gasteiger partial charge in [-0.25, -0.2) is 0 Å². The van der Waals surface area contributed by atoms with Gasteiger partial charge in [0.1, 0.15) is 11.4 Å². The molecule has 0 radical (unpaired) electrons. The van der Waals surface area contributed by atoms with Crippen molar-refractivity contribution >= 4 is 11.6 Å². The van der Waals surface area contributed by atoms with Gasteiger partial charge in [0.25, 0.3) is 5.56 Å². The zero-order valence-corrected chi connectivity index (χ0v) is 15.2. The Labute approximate surface area is 150 Å². The summed E-state index contributed by atoms with van der Waals surface area (Å²) in [6, 6.07) is 2.33. The van der Waals surface area contributed by atoms with Crippen molar-refractivity contribution in [2.75, 3.05) is 0 Å². The fourth-order valence-electron chi connectivity index (χ4n) is 3.68. The van der Waals surface area contributed by atoms with E-state index in [0.717, 1.165) is 5.57 Å². The lowest BCUT2D eigenvalue weighted by Crippen LogP contribution is -2.37. The van der Waals surface area contributed by atoms with Gasteiger partial charge in [-0.15, -0.1) is 6.58 Å². The molecule has 0 saturated heterocycles. The van der Waals surface area contributed by atoms with Gasteiger partial charge in [-0.05, 0) is 45.2 Å². The summed E-state index contributed by atoms with van der Waals surface area (Å²) in [6.07, 6.45) is 0.494. The molecule has 0 aliphatic heterocycles. The van der Waals surface area contributed by atoms with Gasteiger partial charge in [-0.1, -0.05) is 5.57 Å². The van der Waals surface area contributed by atoms with Crippen molar-refractivity contribution in [1.82, 2.24) is 9.55 Å². The molecule has 2 aromatic heterocycles. The summed E-state index contributed by atoms with van der Waals surface area (Å²) in [5, 5.41) is 0. The number of pyridine rings is 2. The van der Waals surface area contributed by atoms with E-state index in [1.165, 1.54) is 16.7 Å². The second-order valence-electron chi connectivity index (χ2n) is 6.99. The Hall–Kier alpha value is -3.02. The van der Waals surface area contributed by atoms with E-state index in [0.29, 0.717) is 17.5 Å². The minimum atomic E-state index is -0.509. The Balaban J connectivity index is 2.39. The molecule has 0 amide bonds. The number of ketones is 2. The molecule has 0 spiro atoms. The van der Waals surface area contributed by atoms with Crippen LogP contribution in [0.1, 0.15) is 69.5 Å². The highest BCUT2D eigenvalue weighted by molar-refractivity contribution is 6.28. The quantitative estimate of drug-likeness (QED) is 0.733. The van der Waals surface area contributed by atoms with Crippen LogP contribution in [0.25, 0.3) is 0 Å². The maximum Gasteiger partial charge on any atom is 0.251 e. The third-order valence-electron chi connectivity index (χ3n) is 4.67. The molecular formula is C20H20N2O4. The SMILES string of the molecule is C=C(C)C[C@@H](C)n1c2c(c(C)cc1=O)C(=O)c1c(C)cc(=O)[nH]c1C2=O. The lowest BCUT2D eigenvalue weighted by atomic mass is 9.85. The largest absolute Gasteiger partial charge is 0.318 e. The average molecular weight is 352 g/mol. The van der Waals surface area contributed by atoms with Crippen LogP contribution in [0.15, 0.2) is 33.9 Å². The van der Waals surface area contributed by atoms with Gasteiger partial charge in [-0.3, -0.25) is 19.2 Å². The van der Waals surface area contributed by atoms with Crippen LogP contribution in [0.5, 0.6) is 0 Å². The van der Waals surface area contributed by atoms with Crippen molar-refractivity contribution in [1.29, 1.82) is 0 Å². The van der Waals surface area contributed by atoms with Gasteiger partial charge in [0, 0.05) is 18.2 Å². The van der Waals surface area contributed by atoms with Gasteiger partial charge in [0.2, 0.25) is 11.3 Å². The summed E-state index contributed by atoms with van der Waals surface area (Å²) in [5.41, 5.74) is 1.37. The first kappa shape index (κ1) is 17.8. The van der Waals surface area contributed by atoms with Crippen molar-refractivity contribution < 1.29 is 9.59 Å². The van der Waals surface area contributed by atoms with Crippen LogP contribution < -0.4 is 11.1 Å². The van der Waals surface area contributed by atoms with Crippen molar-refractivity contribution in [3.63, 3.8) is 0 Å². The zero-order chi connectivity index (χ0) is 19.3. The number of aromatic nitrogens is 2. The van der Waals surface area contributed by atoms with Gasteiger partial charge >= 0.3 is 0 Å². The molecule has 2 heterocycles. The molecule has 6 nitrogen and oxygen atoms in total. The van der Waals surface area contributed by atoms with E-state index in [1.807, 2.05) is 6.92 Å². The molecular weight excluding hydrogens is 332 g/mol. The molecule has 1 atom stereocenters. The molecule has 1 N–H and O–H groups in total. The van der Waals surface area contributed by atoms with Crippen LogP contribution in [0, 0.1) is 13.8 Å². The number of hydrogen-bond donors (Lipinski definition) is 1. The van der Waals surface area contributed by atoms with E-state index in [4.69, 9.17) is 0 Å². The molecule has 134 valence electrons. The number of aromatic amines is 1. The lowest BCUT2D eigenvalue weighted by Gasteiger charge is -2.26. The highest BCUT2D eigenvalue weighted by Crippen LogP contribution is 2.30. The summed E-state index contributed by atoms with van der Waals surface area (Å²) in [5.74, 6) is -0.859. The van der Waals surface area contributed by atoms with Gasteiger partial charge < -0.3 is 9.55 Å². The van der Waals surface area contributed by atoms with Crippen molar-refractivity contribution in [3.05, 3.63) is 78.6 Å². The average Bonchev–Trinajstić information content (AvgIpc) is 2.50. The van der Waals surface area contributed by atoms with Crippen molar-refractivity contribution in [3.8, 4) is 0 Å². The van der Waals surface area contributed by atoms with Crippen molar-refractivity contribution in [2.24, 2.45) is 0 Å². The Morgan fingerprint density at radius 3 is 2.31 bits per heavy atom. The maximum absolute atomic E-state index is 13.2. The number of carbonyl (C=O) groups is 2. The smallest absolute Gasteiger partial charge is 0.251 e. The first-order chi connectivity index (χ1) is 12.1. The fraction of sp³-hybridized carbons (Fsp3) is 0.300. The van der Waals surface area contributed by atoms with E-state index in [1.54, 1.807) is 20.8 Å². The van der Waals surface area contributed by atoms with E-state index in [2.05, 4.69) is 11.6 Å². The highest BCUT2D eigenvalue weighted by atomic mass is 16.2. The molecule has 0 bridgehead atoms. The van der Waals surface area contributed by atoms with Gasteiger partial charge in [-0.2, -0.15) is 0 Å². The topological polar surface area (TPSA) is 89.0 Å². The number of nitrogens with zero attached hydrogens (tertiary/aromatic N) is 1. The third-order valence-corrected chi connectivity index (χ3v) is 4.67. The van der Waals surface area contributed by atoms with Crippen LogP contribution in [0.4, 0.5) is 0 Å². The van der Waals surface area contributed by atoms with Gasteiger partial charge in [0.05, 0.1) is 11.1 Å². The minimum absolute atomic E-state index is 0.0440. The molecule has 1 aliphatic rings. The molecule has 6 heteroatoms. The summed E-state index contributed by atoms with van der Waals surface area (Å²) < 4.78 is 1.35. The van der Waals surface area contributed by atoms with Crippen LogP contribution >= 0.6 is 0 Å². The third kappa shape index (κ3) is 2.58. The molecule has 3 rings (SSSR count). The first-order valence-corrected chi connectivity index (χ1v) is 8.37. The minimum Gasteiger partial charge on any atom is -0.318 e. The number of aryl methyl sites for hydroxylation is 2. The van der Waals surface area contributed by atoms with Crippen LogP contribution in [-0.2, 0) is 0 Å². The molecule has 0 saturated carbocycles. The number of nitrogens with one attached hydrogen (secondary N) is 1. The van der Waals surface area contributed by atoms with E-state index >= 15 is 0 Å². The van der Waals surface area contributed by atoms with Crippen LogP contribution in [0.2, 0.25) is 0 Å². The standard InChI is InChI=1S/C20H20N2O4/c1-9(2)6-12(5)22-14(24)8-11(4)16-18(22)20(26)17-15(19(16)25)10(3)7-13(23)21-17/h7-8,12H,1,6H2,2-5H3,(H,21,23)/t12-/m1/s1. The Morgan fingerprint density at radius 1 is 1.08 bits per heavy atom. The Kier molecular flexibility index (Phi) is 4.14. The first-order valence-electron chi connectivity index (χ1n) is 8.37. The molecule has 1 aliphatic carbocycles. The number of hydrogen-bond acceptors (Lipinski definition) is 4. The molecule has 2 aromatic rings. The summed E-state index contributed by atoms with van der Waals surface area (Å²) >= 11 is 0. The number of carbonyl (C=O) groups excluding carboxylic acids is 2. The van der Waals surface area contributed by atoms with Crippen LogP contribution in [0.3, 0.4) is 0 Å². The summed E-state index contributed by atoms with van der Waals surface area (Å²) in [6.45, 7) is 10.8. The number of rotatable bonds is 3. The Bertz CT molecular complexity index is 1100. The lowest BCUT2D eigenvalue weighted by molar-refractivity contribution is 0.0963. The molecule has 0 fully saturated rings. The van der Waals surface area contributed by atoms with E-state index < -0.39 is 11.3 Å². The second kappa shape index (κ2) is 6.05. The van der Waals surface area contributed by atoms with Gasteiger partial charge in [0.15, 0.2) is 5.78 Å². The van der Waals surface area contributed by atoms with E-state index in [9.17, 15) is 19.2 Å².